The van der Waals surface area contributed by atoms with Crippen molar-refractivity contribution in [1.29, 1.82) is 0 Å². The van der Waals surface area contributed by atoms with Crippen LogP contribution in [0, 0.1) is 0 Å². The van der Waals surface area contributed by atoms with Crippen LogP contribution in [-0.2, 0) is 41.9 Å². The molecule has 0 aliphatic carbocycles. The molecule has 1 aromatic carbocycles. The van der Waals surface area contributed by atoms with Crippen LogP contribution in [0.5, 0.6) is 0 Å². The van der Waals surface area contributed by atoms with Crippen LogP contribution < -0.4 is 21.3 Å². The molecule has 1 aromatic rings. The molecule has 182 valence electrons. The predicted octanol–water partition coefficient (Wildman–Crippen LogP) is -1.31. The summed E-state index contributed by atoms with van der Waals surface area (Å²) >= 11 is 0. The van der Waals surface area contributed by atoms with Gasteiger partial charge in [-0.3, -0.25) is 24.0 Å². The van der Waals surface area contributed by atoms with E-state index in [2.05, 4.69) is 26.0 Å². The minimum absolute atomic E-state index is 0.154. The summed E-state index contributed by atoms with van der Waals surface area (Å²) in [5.74, 6) is -2.42. The van der Waals surface area contributed by atoms with Crippen molar-refractivity contribution in [3.8, 4) is 0 Å². The fourth-order valence-electron chi connectivity index (χ4n) is 2.63. The van der Waals surface area contributed by atoms with Gasteiger partial charge in [0, 0.05) is 18.5 Å². The van der Waals surface area contributed by atoms with Gasteiger partial charge in [-0.05, 0) is 36.1 Å². The van der Waals surface area contributed by atoms with Crippen LogP contribution in [0.15, 0.2) is 18.2 Å². The summed E-state index contributed by atoms with van der Waals surface area (Å²) in [4.78, 5) is 58.1. The third kappa shape index (κ3) is 12.2. The number of esters is 1. The normalized spacial score (nSPS) is 10.2. The average molecular weight is 466 g/mol. The number of anilines is 1. The van der Waals surface area contributed by atoms with E-state index in [9.17, 15) is 34.2 Å². The first-order valence-electron chi connectivity index (χ1n) is 10.3. The van der Waals surface area contributed by atoms with Gasteiger partial charge in [0.05, 0.1) is 40.0 Å². The topological polar surface area (TPSA) is 183 Å². The lowest BCUT2D eigenvalue weighted by Crippen LogP contribution is -2.43. The molecule has 6 N–H and O–H groups in total. The molecule has 0 radical (unpaired) electrons. The number of hydrogen-bond donors (Lipinski definition) is 6. The number of carbonyl (C=O) groups is 5. The van der Waals surface area contributed by atoms with Crippen molar-refractivity contribution in [1.82, 2.24) is 16.0 Å². The van der Waals surface area contributed by atoms with Crippen LogP contribution in [0.2, 0.25) is 0 Å². The standard InChI is InChI=1S/C21H30N4O8/c1-33-21(32)5-3-2-4-17(28)22-9-18(29)23-10-19(30)24-11-20(31)25-16-7-14(12-26)6-15(8-16)13-27/h6-8,26-27H,2-5,9-13H2,1H3,(H,22,28)(H,23,29)(H,24,30)(H,25,31). The fourth-order valence-corrected chi connectivity index (χ4v) is 2.63. The second-order valence-corrected chi connectivity index (χ2v) is 7.02. The highest BCUT2D eigenvalue weighted by atomic mass is 16.5. The largest absolute Gasteiger partial charge is 0.469 e. The molecule has 0 fully saturated rings. The van der Waals surface area contributed by atoms with Gasteiger partial charge in [-0.25, -0.2) is 0 Å². The Balaban J connectivity index is 2.23. The molecule has 0 atom stereocenters. The molecule has 0 aliphatic heterocycles. The van der Waals surface area contributed by atoms with Gasteiger partial charge >= 0.3 is 5.97 Å². The Labute approximate surface area is 191 Å². The van der Waals surface area contributed by atoms with Crippen molar-refractivity contribution in [2.75, 3.05) is 32.1 Å². The van der Waals surface area contributed by atoms with Crippen LogP contribution in [0.4, 0.5) is 5.69 Å². The molecule has 0 spiro atoms. The van der Waals surface area contributed by atoms with Gasteiger partial charge in [-0.1, -0.05) is 6.07 Å². The van der Waals surface area contributed by atoms with Crippen LogP contribution in [0.3, 0.4) is 0 Å². The lowest BCUT2D eigenvalue weighted by molar-refractivity contribution is -0.140. The number of amides is 4. The number of unbranched alkanes of at least 4 members (excludes halogenated alkanes) is 1. The average Bonchev–Trinajstić information content (AvgIpc) is 2.82. The van der Waals surface area contributed by atoms with E-state index >= 15 is 0 Å². The maximum absolute atomic E-state index is 12.0. The molecular weight excluding hydrogens is 436 g/mol. The zero-order valence-corrected chi connectivity index (χ0v) is 18.4. The van der Waals surface area contributed by atoms with Crippen molar-refractivity contribution < 1.29 is 38.9 Å². The number of benzene rings is 1. The van der Waals surface area contributed by atoms with E-state index in [4.69, 9.17) is 0 Å². The Kier molecular flexibility index (Phi) is 12.8. The Morgan fingerprint density at radius 2 is 1.21 bits per heavy atom. The molecule has 0 heterocycles. The van der Waals surface area contributed by atoms with E-state index in [-0.39, 0.29) is 57.6 Å². The number of nitrogens with one attached hydrogen (secondary N) is 4. The summed E-state index contributed by atoms with van der Waals surface area (Å²) in [7, 11) is 1.29. The fraction of sp³-hybridized carbons (Fsp3) is 0.476. The quantitative estimate of drug-likeness (QED) is 0.144. The molecule has 12 nitrogen and oxygen atoms in total. The second kappa shape index (κ2) is 15.3. The maximum Gasteiger partial charge on any atom is 0.305 e. The first kappa shape index (κ1) is 27.5. The molecule has 1 rings (SSSR count). The number of aliphatic hydroxyl groups is 2. The Bertz CT molecular complexity index is 821. The third-order valence-electron chi connectivity index (χ3n) is 4.30. The molecule has 0 unspecified atom stereocenters. The van der Waals surface area contributed by atoms with E-state index in [0.29, 0.717) is 29.7 Å². The molecule has 12 heteroatoms. The first-order chi connectivity index (χ1) is 15.8. The van der Waals surface area contributed by atoms with E-state index < -0.39 is 17.7 Å². The Morgan fingerprint density at radius 1 is 0.727 bits per heavy atom. The van der Waals surface area contributed by atoms with Crippen molar-refractivity contribution in [3.63, 3.8) is 0 Å². The molecule has 0 aromatic heterocycles. The number of hydrogen-bond acceptors (Lipinski definition) is 8. The van der Waals surface area contributed by atoms with Crippen molar-refractivity contribution in [2.45, 2.75) is 38.9 Å². The van der Waals surface area contributed by atoms with Gasteiger partial charge in [-0.2, -0.15) is 0 Å². The lowest BCUT2D eigenvalue weighted by Gasteiger charge is -2.10. The van der Waals surface area contributed by atoms with Crippen LogP contribution in [0.1, 0.15) is 36.8 Å². The maximum atomic E-state index is 12.0. The number of carbonyl (C=O) groups excluding carboxylic acids is 5. The lowest BCUT2D eigenvalue weighted by atomic mass is 10.1. The molecule has 0 saturated heterocycles. The zero-order chi connectivity index (χ0) is 24.6. The van der Waals surface area contributed by atoms with Crippen molar-refractivity contribution in [3.05, 3.63) is 29.3 Å². The van der Waals surface area contributed by atoms with Crippen LogP contribution >= 0.6 is 0 Å². The second-order valence-electron chi connectivity index (χ2n) is 7.02. The van der Waals surface area contributed by atoms with Crippen molar-refractivity contribution >= 4 is 35.3 Å². The number of ether oxygens (including phenoxy) is 1. The number of aliphatic hydroxyl groups excluding tert-OH is 2. The van der Waals surface area contributed by atoms with Gasteiger partial charge in [-0.15, -0.1) is 0 Å². The number of methoxy groups -OCH3 is 1. The van der Waals surface area contributed by atoms with Crippen LogP contribution in [-0.4, -0.2) is 66.6 Å². The van der Waals surface area contributed by atoms with Crippen LogP contribution in [0.25, 0.3) is 0 Å². The highest BCUT2D eigenvalue weighted by Crippen LogP contribution is 2.15. The molecule has 0 aliphatic rings. The van der Waals surface area contributed by atoms with E-state index in [1.165, 1.54) is 19.2 Å². The Hall–Kier alpha value is -3.51. The summed E-state index contributed by atoms with van der Waals surface area (Å²) in [5, 5.41) is 28.0. The van der Waals surface area contributed by atoms with E-state index in [0.717, 1.165) is 0 Å². The van der Waals surface area contributed by atoms with Gasteiger partial charge in [0.25, 0.3) is 0 Å². The summed E-state index contributed by atoms with van der Waals surface area (Å²) in [5.41, 5.74) is 1.38. The third-order valence-corrected chi connectivity index (χ3v) is 4.30. The van der Waals surface area contributed by atoms with Crippen molar-refractivity contribution in [2.24, 2.45) is 0 Å². The van der Waals surface area contributed by atoms with E-state index in [1.807, 2.05) is 0 Å². The molecule has 0 saturated carbocycles. The smallest absolute Gasteiger partial charge is 0.305 e. The summed E-state index contributed by atoms with van der Waals surface area (Å²) in [6.45, 7) is -1.56. The van der Waals surface area contributed by atoms with Gasteiger partial charge < -0.3 is 36.2 Å². The van der Waals surface area contributed by atoms with Gasteiger partial charge in [0.1, 0.15) is 0 Å². The summed E-state index contributed by atoms with van der Waals surface area (Å²) in [6, 6.07) is 4.66. The SMILES string of the molecule is COC(=O)CCCCC(=O)NCC(=O)NCC(=O)NCC(=O)Nc1cc(CO)cc(CO)c1. The predicted molar refractivity (Wildman–Crippen MR) is 116 cm³/mol. The molecular formula is C21H30N4O8. The van der Waals surface area contributed by atoms with E-state index in [1.54, 1.807) is 6.07 Å². The highest BCUT2D eigenvalue weighted by Gasteiger charge is 2.10. The first-order valence-corrected chi connectivity index (χ1v) is 10.3. The van der Waals surface area contributed by atoms with Gasteiger partial charge in [0.15, 0.2) is 0 Å². The van der Waals surface area contributed by atoms with Gasteiger partial charge in [0.2, 0.25) is 23.6 Å². The summed E-state index contributed by atoms with van der Waals surface area (Å²) < 4.78 is 4.49. The Morgan fingerprint density at radius 3 is 1.73 bits per heavy atom. The zero-order valence-electron chi connectivity index (χ0n) is 18.4. The number of rotatable bonds is 14. The minimum Gasteiger partial charge on any atom is -0.469 e. The molecule has 0 bridgehead atoms. The monoisotopic (exact) mass is 466 g/mol. The minimum atomic E-state index is -0.604. The summed E-state index contributed by atoms with van der Waals surface area (Å²) in [6.07, 6.45) is 1.34. The highest BCUT2D eigenvalue weighted by molar-refractivity contribution is 5.95. The molecule has 33 heavy (non-hydrogen) atoms. The molecule has 4 amide bonds.